The van der Waals surface area contributed by atoms with Gasteiger partial charge in [-0.05, 0) is 68.7 Å². The van der Waals surface area contributed by atoms with E-state index in [2.05, 4.69) is 15.7 Å². The van der Waals surface area contributed by atoms with Crippen LogP contribution in [0, 0.1) is 22.7 Å². The van der Waals surface area contributed by atoms with E-state index in [9.17, 15) is 14.9 Å². The molecule has 5 rings (SSSR count). The Bertz CT molecular complexity index is 2080. The van der Waals surface area contributed by atoms with Crippen LogP contribution >= 0.6 is 8.53 Å². The van der Waals surface area contributed by atoms with Crippen molar-refractivity contribution < 1.29 is 42.2 Å². The smallest absolute Gasteiger partial charge is 0.330 e. The molecule has 1 aliphatic rings. The highest BCUT2D eigenvalue weighted by molar-refractivity contribution is 7.44. The van der Waals surface area contributed by atoms with Gasteiger partial charge in [-0.15, -0.1) is 0 Å². The van der Waals surface area contributed by atoms with Crippen LogP contribution in [0.4, 0.5) is 0 Å². The van der Waals surface area contributed by atoms with Gasteiger partial charge in [-0.1, -0.05) is 54.6 Å². The van der Waals surface area contributed by atoms with Crippen molar-refractivity contribution in [1.82, 2.24) is 14.2 Å². The van der Waals surface area contributed by atoms with Gasteiger partial charge in [0.2, 0.25) is 0 Å². The van der Waals surface area contributed by atoms with Crippen LogP contribution in [0.2, 0.25) is 0 Å². The Morgan fingerprint density at radius 2 is 1.38 bits per heavy atom. The number of nitrogens with one attached hydrogen (secondary N) is 1. The zero-order valence-electron chi connectivity index (χ0n) is 35.3. The third kappa shape index (κ3) is 11.9. The molecule has 1 fully saturated rings. The first-order valence-corrected chi connectivity index (χ1v) is 21.0. The molecule has 3 aromatic carbocycles. The van der Waals surface area contributed by atoms with Gasteiger partial charge in [-0.25, -0.2) is 9.46 Å². The van der Waals surface area contributed by atoms with Gasteiger partial charge >= 0.3 is 5.69 Å². The number of ether oxygens (including phenoxy) is 7. The monoisotopic (exact) mass is 859 g/mol. The molecule has 0 bridgehead atoms. The molecule has 16 nitrogen and oxygen atoms in total. The number of H-pyrrole nitrogens is 1. The summed E-state index contributed by atoms with van der Waals surface area (Å²) >= 11 is 0. The zero-order chi connectivity index (χ0) is 43.8. The van der Waals surface area contributed by atoms with Gasteiger partial charge in [0.05, 0.1) is 59.0 Å². The average molecular weight is 860 g/mol. The van der Waals surface area contributed by atoms with E-state index in [-0.39, 0.29) is 58.3 Å². The molecule has 0 radical (unpaired) electrons. The van der Waals surface area contributed by atoms with Crippen LogP contribution in [0.3, 0.4) is 0 Å². The second kappa shape index (κ2) is 23.3. The van der Waals surface area contributed by atoms with E-state index in [1.54, 1.807) is 14.2 Å². The number of aromatic nitrogens is 2. The van der Waals surface area contributed by atoms with Gasteiger partial charge < -0.3 is 42.2 Å². The summed E-state index contributed by atoms with van der Waals surface area (Å²) in [4.78, 5) is 28.0. The molecule has 5 atom stereocenters. The fourth-order valence-electron chi connectivity index (χ4n) is 7.07. The minimum absolute atomic E-state index is 0.0491. The molecule has 1 unspecified atom stereocenters. The number of hydrogen-bond donors (Lipinski definition) is 1. The number of nitriles is 2. The topological polar surface area (TPSA) is 189 Å². The molecule has 0 saturated carbocycles. The lowest BCUT2D eigenvalue weighted by molar-refractivity contribution is -0.174. The molecule has 1 N–H and O–H groups in total. The van der Waals surface area contributed by atoms with E-state index in [0.717, 1.165) is 16.7 Å². The summed E-state index contributed by atoms with van der Waals surface area (Å²) in [6.45, 7) is 7.72. The maximum Gasteiger partial charge on any atom is 0.330 e. The average Bonchev–Trinajstić information content (AvgIpc) is 3.59. The van der Waals surface area contributed by atoms with Crippen LogP contribution < -0.4 is 20.7 Å². The van der Waals surface area contributed by atoms with Gasteiger partial charge in [0.25, 0.3) is 14.1 Å². The Morgan fingerprint density at radius 1 is 0.787 bits per heavy atom. The van der Waals surface area contributed by atoms with Crippen molar-refractivity contribution in [1.29, 1.82) is 10.5 Å². The Kier molecular flexibility index (Phi) is 18.0. The van der Waals surface area contributed by atoms with Crippen molar-refractivity contribution >= 4 is 8.53 Å². The molecular formula is C44H54N5O11P. The number of rotatable bonds is 24. The summed E-state index contributed by atoms with van der Waals surface area (Å²) in [7, 11) is 1.31. The van der Waals surface area contributed by atoms with E-state index in [1.165, 1.54) is 16.8 Å². The molecule has 2 heterocycles. The standard InChI is InChI=1S/C44H54N5O11P/c1-31(2)49(32(3)4)61(58-27-11-24-46)60-40-38(59-42(48-25-22-39(50)47-43(48)51)41(40)56-30-55-29-54-26-10-23-45)28-57-44(33-12-8-7-9-13-33,34-14-18-36(52-5)19-15-34)35-16-20-37(53-6)21-17-35/h7-9,12-22,25,31-32,38,40-42H,10-11,26-30H2,1-6H3,(H,47,50,51)/t38-,40+,41+,42-,61?/m1/s1. The molecule has 1 aliphatic heterocycles. The summed E-state index contributed by atoms with van der Waals surface area (Å²) in [5.74, 6) is 1.31. The molecule has 1 saturated heterocycles. The first-order valence-electron chi connectivity index (χ1n) is 19.9. The van der Waals surface area contributed by atoms with Crippen molar-refractivity contribution in [3.63, 3.8) is 0 Å². The lowest BCUT2D eigenvalue weighted by Crippen LogP contribution is -2.43. The molecule has 0 amide bonds. The second-order valence-electron chi connectivity index (χ2n) is 14.4. The molecule has 0 aliphatic carbocycles. The Labute approximate surface area is 357 Å². The second-order valence-corrected chi connectivity index (χ2v) is 15.8. The largest absolute Gasteiger partial charge is 0.497 e. The van der Waals surface area contributed by atoms with Crippen molar-refractivity contribution in [2.24, 2.45) is 0 Å². The predicted molar refractivity (Wildman–Crippen MR) is 225 cm³/mol. The van der Waals surface area contributed by atoms with Gasteiger partial charge in [-0.2, -0.15) is 10.5 Å². The fraction of sp³-hybridized carbons (Fsp3) is 0.455. The molecule has 1 aromatic heterocycles. The third-order valence-electron chi connectivity index (χ3n) is 9.79. The van der Waals surface area contributed by atoms with Gasteiger partial charge in [0, 0.05) is 24.3 Å². The predicted octanol–water partition coefficient (Wildman–Crippen LogP) is 6.37. The van der Waals surface area contributed by atoms with E-state index in [4.69, 9.17) is 47.5 Å². The van der Waals surface area contributed by atoms with Gasteiger partial charge in [0.15, 0.2) is 6.23 Å². The summed E-state index contributed by atoms with van der Waals surface area (Å²) in [6, 6.07) is 30.2. The molecule has 326 valence electrons. The SMILES string of the molecule is COc1ccc(C(OC[C@H]2O[C@@H](n3ccc(=O)[nH]c3=O)[C@@H](OCOCOCCC#N)[C@H]2OP(OCCC#N)N(C(C)C)C(C)C)(c2ccccc2)c2ccc(OC)cc2)cc1. The quantitative estimate of drug-likeness (QED) is 0.0354. The van der Waals surface area contributed by atoms with Crippen LogP contribution in [0.25, 0.3) is 0 Å². The van der Waals surface area contributed by atoms with E-state index >= 15 is 0 Å². The molecule has 4 aromatic rings. The van der Waals surface area contributed by atoms with E-state index in [1.807, 2.05) is 113 Å². The number of benzene rings is 3. The van der Waals surface area contributed by atoms with Crippen LogP contribution in [0.5, 0.6) is 11.5 Å². The van der Waals surface area contributed by atoms with Crippen molar-refractivity contribution in [2.75, 3.05) is 47.6 Å². The number of aromatic amines is 1. The first kappa shape index (κ1) is 47.1. The molecule has 61 heavy (non-hydrogen) atoms. The Morgan fingerprint density at radius 3 is 1.93 bits per heavy atom. The highest BCUT2D eigenvalue weighted by atomic mass is 31.2. The zero-order valence-corrected chi connectivity index (χ0v) is 36.2. The molecule has 0 spiro atoms. The van der Waals surface area contributed by atoms with Crippen LogP contribution in [0.15, 0.2) is 101 Å². The third-order valence-corrected chi connectivity index (χ3v) is 11.9. The van der Waals surface area contributed by atoms with Gasteiger partial charge in [0.1, 0.15) is 49.0 Å². The van der Waals surface area contributed by atoms with E-state index < -0.39 is 49.9 Å². The number of methoxy groups -OCH3 is 2. The van der Waals surface area contributed by atoms with Crippen LogP contribution in [-0.2, 0) is 38.3 Å². The maximum atomic E-state index is 13.5. The highest BCUT2D eigenvalue weighted by Crippen LogP contribution is 2.51. The lowest BCUT2D eigenvalue weighted by atomic mass is 9.80. The van der Waals surface area contributed by atoms with Crippen molar-refractivity contribution in [2.45, 2.75) is 82.8 Å². The lowest BCUT2D eigenvalue weighted by Gasteiger charge is -2.39. The van der Waals surface area contributed by atoms with Crippen LogP contribution in [0.1, 0.15) is 63.5 Å². The maximum absolute atomic E-state index is 13.5. The van der Waals surface area contributed by atoms with Crippen LogP contribution in [-0.4, -0.2) is 92.2 Å². The minimum Gasteiger partial charge on any atom is -0.497 e. The summed E-state index contributed by atoms with van der Waals surface area (Å²) in [6.07, 6.45) is -2.54. The normalized spacial score (nSPS) is 18.3. The van der Waals surface area contributed by atoms with Crippen molar-refractivity contribution in [3.05, 3.63) is 129 Å². The van der Waals surface area contributed by atoms with Gasteiger partial charge in [-0.3, -0.25) is 14.3 Å². The Hall–Kier alpha value is -4.97. The highest BCUT2D eigenvalue weighted by Gasteiger charge is 2.51. The fourth-order valence-corrected chi connectivity index (χ4v) is 8.84. The first-order chi connectivity index (χ1) is 29.6. The van der Waals surface area contributed by atoms with E-state index in [0.29, 0.717) is 11.5 Å². The number of nitrogens with zero attached hydrogens (tertiary/aromatic N) is 4. The summed E-state index contributed by atoms with van der Waals surface area (Å²) < 4.78 is 59.3. The molecule has 17 heteroatoms. The minimum atomic E-state index is -1.89. The molecular weight excluding hydrogens is 805 g/mol. The summed E-state index contributed by atoms with van der Waals surface area (Å²) in [5.41, 5.74) is -0.220. The summed E-state index contributed by atoms with van der Waals surface area (Å²) in [5, 5.41) is 18.3. The Balaban J connectivity index is 1.65. The number of hydrogen-bond acceptors (Lipinski definition) is 14. The van der Waals surface area contributed by atoms with Crippen molar-refractivity contribution in [3.8, 4) is 23.6 Å².